The minimum absolute atomic E-state index is 0.211. The number of halogens is 5. The molecule has 1 aromatic heterocycles. The first-order valence-electron chi connectivity index (χ1n) is 8.56. The van der Waals surface area contributed by atoms with Crippen molar-refractivity contribution < 1.29 is 31.5 Å². The zero-order valence-corrected chi connectivity index (χ0v) is 15.2. The fraction of sp³-hybridized carbons (Fsp3) is 0.150. The zero-order chi connectivity index (χ0) is 21.7. The van der Waals surface area contributed by atoms with Crippen LogP contribution in [0.1, 0.15) is 22.9 Å². The molecule has 3 rings (SSSR count). The van der Waals surface area contributed by atoms with Gasteiger partial charge in [0.25, 0.3) is 0 Å². The third kappa shape index (κ3) is 5.72. The topological polar surface area (TPSA) is 57.0 Å². The minimum Gasteiger partial charge on any atom is -0.445 e. The van der Waals surface area contributed by atoms with Crippen LogP contribution in [0.5, 0.6) is 0 Å². The molecular weight excluding hydrogens is 409 g/mol. The van der Waals surface area contributed by atoms with Gasteiger partial charge >= 0.3 is 12.1 Å². The number of rotatable bonds is 6. The molecule has 30 heavy (non-hydrogen) atoms. The van der Waals surface area contributed by atoms with E-state index in [1.165, 1.54) is 10.9 Å². The zero-order valence-electron chi connectivity index (χ0n) is 15.2. The maximum atomic E-state index is 13.3. The summed E-state index contributed by atoms with van der Waals surface area (Å²) < 4.78 is 72.1. The van der Waals surface area contributed by atoms with Crippen LogP contribution >= 0.6 is 0 Å². The first-order chi connectivity index (χ1) is 14.2. The minimum atomic E-state index is -5.07. The van der Waals surface area contributed by atoms with E-state index in [1.807, 2.05) is 30.3 Å². The van der Waals surface area contributed by atoms with Crippen molar-refractivity contribution in [3.63, 3.8) is 0 Å². The number of hydrogen-bond donors (Lipinski definition) is 0. The normalized spacial score (nSPS) is 12.8. The first-order valence-corrected chi connectivity index (χ1v) is 8.56. The lowest BCUT2D eigenvalue weighted by Gasteiger charge is -2.20. The fourth-order valence-electron chi connectivity index (χ4n) is 2.60. The summed E-state index contributed by atoms with van der Waals surface area (Å²) >= 11 is 0. The molecule has 1 unspecified atom stereocenters. The van der Waals surface area contributed by atoms with Gasteiger partial charge < -0.3 is 4.74 Å². The van der Waals surface area contributed by atoms with Crippen molar-refractivity contribution in [3.05, 3.63) is 89.3 Å². The summed E-state index contributed by atoms with van der Waals surface area (Å²) in [6.07, 6.45) is -4.56. The van der Waals surface area contributed by atoms with Gasteiger partial charge in [0, 0.05) is 17.7 Å². The Kier molecular flexibility index (Phi) is 6.24. The largest absolute Gasteiger partial charge is 0.445 e. The Balaban J connectivity index is 1.69. The third-order valence-corrected chi connectivity index (χ3v) is 3.85. The SMILES string of the molecule is O=C(/C=C/c1cn(Cc2ccccc2)nn1)OC(c1cc(F)cc(F)c1)C(F)(F)F. The number of aromatic nitrogens is 3. The van der Waals surface area contributed by atoms with E-state index in [2.05, 4.69) is 15.0 Å². The van der Waals surface area contributed by atoms with Crippen LogP contribution < -0.4 is 0 Å². The maximum absolute atomic E-state index is 13.3. The lowest BCUT2D eigenvalue weighted by atomic mass is 10.1. The Labute approximate surface area is 167 Å². The van der Waals surface area contributed by atoms with Crippen LogP contribution in [0.2, 0.25) is 0 Å². The summed E-state index contributed by atoms with van der Waals surface area (Å²) in [6.45, 7) is 0.410. The third-order valence-electron chi connectivity index (χ3n) is 3.85. The predicted octanol–water partition coefficient (Wildman–Crippen LogP) is 4.46. The molecule has 0 bridgehead atoms. The summed E-state index contributed by atoms with van der Waals surface area (Å²) in [5.74, 6) is -3.80. The summed E-state index contributed by atoms with van der Waals surface area (Å²) in [4.78, 5) is 11.9. The molecule has 2 aromatic carbocycles. The highest BCUT2D eigenvalue weighted by atomic mass is 19.4. The Morgan fingerprint density at radius 1 is 1.10 bits per heavy atom. The van der Waals surface area contributed by atoms with Crippen LogP contribution in [-0.4, -0.2) is 27.1 Å². The summed E-state index contributed by atoms with van der Waals surface area (Å²) in [5, 5.41) is 7.65. The van der Waals surface area contributed by atoms with Gasteiger partial charge in [-0.05, 0) is 23.8 Å². The van der Waals surface area contributed by atoms with Gasteiger partial charge in [0.15, 0.2) is 0 Å². The van der Waals surface area contributed by atoms with Crippen molar-refractivity contribution in [1.82, 2.24) is 15.0 Å². The monoisotopic (exact) mass is 423 g/mol. The first kappa shape index (κ1) is 21.2. The predicted molar refractivity (Wildman–Crippen MR) is 95.8 cm³/mol. The quantitative estimate of drug-likeness (QED) is 0.334. The van der Waals surface area contributed by atoms with Crippen LogP contribution in [0, 0.1) is 11.6 Å². The van der Waals surface area contributed by atoms with E-state index < -0.39 is 35.4 Å². The van der Waals surface area contributed by atoms with Gasteiger partial charge in [0.1, 0.15) is 17.3 Å². The Morgan fingerprint density at radius 3 is 2.40 bits per heavy atom. The molecular formula is C20H14F5N3O2. The summed E-state index contributed by atoms with van der Waals surface area (Å²) in [7, 11) is 0. The second kappa shape index (κ2) is 8.85. The molecule has 0 spiro atoms. The lowest BCUT2D eigenvalue weighted by Crippen LogP contribution is -2.26. The van der Waals surface area contributed by atoms with Crippen molar-refractivity contribution in [1.29, 1.82) is 0 Å². The number of carbonyl (C=O) groups is 1. The van der Waals surface area contributed by atoms with Crippen molar-refractivity contribution in [2.45, 2.75) is 18.8 Å². The van der Waals surface area contributed by atoms with E-state index in [9.17, 15) is 26.7 Å². The van der Waals surface area contributed by atoms with Gasteiger partial charge in [-0.3, -0.25) is 0 Å². The number of carbonyl (C=O) groups excluding carboxylic acids is 1. The molecule has 0 fully saturated rings. The number of benzene rings is 2. The van der Waals surface area contributed by atoms with Crippen LogP contribution in [0.15, 0.2) is 60.8 Å². The average Bonchev–Trinajstić information content (AvgIpc) is 3.11. The van der Waals surface area contributed by atoms with Gasteiger partial charge in [-0.25, -0.2) is 18.3 Å². The van der Waals surface area contributed by atoms with Crippen LogP contribution in [-0.2, 0) is 16.1 Å². The molecule has 156 valence electrons. The molecule has 5 nitrogen and oxygen atoms in total. The number of alkyl halides is 3. The van der Waals surface area contributed by atoms with E-state index in [0.29, 0.717) is 24.7 Å². The van der Waals surface area contributed by atoms with E-state index in [4.69, 9.17) is 0 Å². The van der Waals surface area contributed by atoms with Crippen LogP contribution in [0.3, 0.4) is 0 Å². The molecule has 10 heteroatoms. The van der Waals surface area contributed by atoms with Crippen molar-refractivity contribution >= 4 is 12.0 Å². The number of nitrogens with zero attached hydrogens (tertiary/aromatic N) is 3. The summed E-state index contributed by atoms with van der Waals surface area (Å²) in [6, 6.07) is 10.6. The summed E-state index contributed by atoms with van der Waals surface area (Å²) in [5.41, 5.74) is 0.298. The standard InChI is InChI=1S/C20H14F5N3O2/c21-15-8-14(9-16(22)10-15)19(20(23,24)25)30-18(29)7-6-17-12-28(27-26-17)11-13-4-2-1-3-5-13/h1-10,12,19H,11H2/b7-6+. The molecule has 0 N–H and O–H groups in total. The van der Waals surface area contributed by atoms with Gasteiger partial charge in [-0.1, -0.05) is 35.5 Å². The van der Waals surface area contributed by atoms with Gasteiger partial charge in [0.2, 0.25) is 6.10 Å². The van der Waals surface area contributed by atoms with Crippen molar-refractivity contribution in [3.8, 4) is 0 Å². The van der Waals surface area contributed by atoms with Gasteiger partial charge in [-0.15, -0.1) is 5.10 Å². The molecule has 0 aliphatic rings. The Bertz CT molecular complexity index is 1030. The van der Waals surface area contributed by atoms with E-state index in [-0.39, 0.29) is 5.69 Å². The second-order valence-corrected chi connectivity index (χ2v) is 6.22. The molecule has 3 aromatic rings. The molecule has 1 heterocycles. The molecule has 0 saturated carbocycles. The van der Waals surface area contributed by atoms with Crippen LogP contribution in [0.4, 0.5) is 22.0 Å². The fourth-order valence-corrected chi connectivity index (χ4v) is 2.60. The molecule has 1 atom stereocenters. The maximum Gasteiger partial charge on any atom is 0.429 e. The lowest BCUT2D eigenvalue weighted by molar-refractivity contribution is -0.221. The van der Waals surface area contributed by atoms with Crippen molar-refractivity contribution in [2.24, 2.45) is 0 Å². The average molecular weight is 423 g/mol. The number of esters is 1. The van der Waals surface area contributed by atoms with Crippen LogP contribution in [0.25, 0.3) is 6.08 Å². The molecule has 0 amide bonds. The second-order valence-electron chi connectivity index (χ2n) is 6.22. The Morgan fingerprint density at radius 2 is 1.77 bits per heavy atom. The molecule has 0 radical (unpaired) electrons. The van der Waals surface area contributed by atoms with Gasteiger partial charge in [0.05, 0.1) is 12.7 Å². The van der Waals surface area contributed by atoms with Crippen molar-refractivity contribution in [2.75, 3.05) is 0 Å². The number of hydrogen-bond acceptors (Lipinski definition) is 4. The van der Waals surface area contributed by atoms with E-state index in [0.717, 1.165) is 17.7 Å². The van der Waals surface area contributed by atoms with E-state index >= 15 is 0 Å². The molecule has 0 saturated heterocycles. The highest BCUT2D eigenvalue weighted by molar-refractivity contribution is 5.86. The number of ether oxygens (including phenoxy) is 1. The smallest absolute Gasteiger partial charge is 0.429 e. The Hall–Kier alpha value is -3.56. The molecule has 0 aliphatic carbocycles. The van der Waals surface area contributed by atoms with E-state index in [1.54, 1.807) is 0 Å². The highest BCUT2D eigenvalue weighted by Gasteiger charge is 2.44. The molecule has 0 aliphatic heterocycles. The highest BCUT2D eigenvalue weighted by Crippen LogP contribution is 2.36. The van der Waals surface area contributed by atoms with Gasteiger partial charge in [-0.2, -0.15) is 13.2 Å².